The van der Waals surface area contributed by atoms with Crippen molar-refractivity contribution in [3.63, 3.8) is 0 Å². The fourth-order valence-corrected chi connectivity index (χ4v) is 6.46. The number of nitrogens with one attached hydrogen (secondary N) is 9. The second-order valence-electron chi connectivity index (χ2n) is 17.0. The van der Waals surface area contributed by atoms with Crippen LogP contribution in [0.3, 0.4) is 0 Å². The number of aliphatic hydroxyl groups is 2. The smallest absolute Gasteiger partial charge is 0.328 e. The van der Waals surface area contributed by atoms with Crippen molar-refractivity contribution in [3.05, 3.63) is 36.0 Å². The van der Waals surface area contributed by atoms with Crippen LogP contribution in [0.4, 0.5) is 0 Å². The number of aromatic amines is 1. The van der Waals surface area contributed by atoms with Gasteiger partial charge in [-0.2, -0.15) is 0 Å². The zero-order valence-corrected chi connectivity index (χ0v) is 38.4. The van der Waals surface area contributed by atoms with Gasteiger partial charge in [-0.3, -0.25) is 38.4 Å². The van der Waals surface area contributed by atoms with Crippen LogP contribution in [0, 0.1) is 17.8 Å². The molecule has 0 saturated carbocycles. The Morgan fingerprint density at radius 2 is 1.06 bits per heavy atom. The first-order valence-corrected chi connectivity index (χ1v) is 21.6. The Balaban J connectivity index is 2.22. The van der Waals surface area contributed by atoms with Crippen molar-refractivity contribution in [1.82, 2.24) is 47.5 Å². The molecule has 0 aliphatic rings. The van der Waals surface area contributed by atoms with Gasteiger partial charge in [-0.15, -0.1) is 0 Å². The molecule has 1 aromatic heterocycles. The Morgan fingerprint density at radius 1 is 0.585 bits per heavy atom. The molecule has 10 atom stereocenters. The zero-order chi connectivity index (χ0) is 49.3. The van der Waals surface area contributed by atoms with Crippen molar-refractivity contribution in [2.24, 2.45) is 23.5 Å². The van der Waals surface area contributed by atoms with Gasteiger partial charge in [-0.1, -0.05) is 66.2 Å². The number of fused-ring (bicyclic) bond motifs is 1. The summed E-state index contributed by atoms with van der Waals surface area (Å²) >= 11 is 0. The SMILES string of the molecule is CC[C@H](C)[C@H](NC(=O)[C@H](Cc1c[nH]c2ccccc12)NC(=O)[C@H](C)NC(=O)[C@H](CO)NC(=O)[C@H](C)NC(=O)[C@H](CC(C)C)NC(=O)[C@@H](NC(=O)[C@H](C)N)C(C)C)C(=O)N[C@@H](CO)C(=O)O. The number of H-pyrrole nitrogens is 1. The lowest BCUT2D eigenvalue weighted by Gasteiger charge is -2.28. The van der Waals surface area contributed by atoms with Crippen LogP contribution in [0.25, 0.3) is 10.9 Å². The average Bonchev–Trinajstić information content (AvgIpc) is 3.66. The van der Waals surface area contributed by atoms with Gasteiger partial charge in [0.25, 0.3) is 0 Å². The number of hydrogen-bond donors (Lipinski definition) is 13. The first-order chi connectivity index (χ1) is 30.4. The third-order valence-corrected chi connectivity index (χ3v) is 10.6. The van der Waals surface area contributed by atoms with Gasteiger partial charge in [0, 0.05) is 23.5 Å². The molecule has 65 heavy (non-hydrogen) atoms. The summed E-state index contributed by atoms with van der Waals surface area (Å²) in [6.45, 7) is 12.7. The number of nitrogens with two attached hydrogens (primary N) is 1. The number of carboxylic acid groups (broad SMARTS) is 1. The highest BCUT2D eigenvalue weighted by atomic mass is 16.4. The molecule has 2 rings (SSSR count). The van der Waals surface area contributed by atoms with Crippen LogP contribution in [-0.4, -0.2) is 141 Å². The van der Waals surface area contributed by atoms with Crippen molar-refractivity contribution in [1.29, 1.82) is 0 Å². The molecule has 2 aromatic rings. The number of aromatic nitrogens is 1. The molecule has 0 saturated heterocycles. The van der Waals surface area contributed by atoms with E-state index in [4.69, 9.17) is 5.73 Å². The van der Waals surface area contributed by atoms with E-state index in [-0.39, 0.29) is 24.7 Å². The van der Waals surface area contributed by atoms with E-state index >= 15 is 0 Å². The summed E-state index contributed by atoms with van der Waals surface area (Å²) in [5.74, 6) is -8.87. The summed E-state index contributed by atoms with van der Waals surface area (Å²) in [7, 11) is 0. The Bertz CT molecular complexity index is 1990. The first kappa shape index (κ1) is 55.0. The highest BCUT2D eigenvalue weighted by Gasteiger charge is 2.35. The van der Waals surface area contributed by atoms with Crippen LogP contribution >= 0.6 is 0 Å². The van der Waals surface area contributed by atoms with Crippen LogP contribution in [0.15, 0.2) is 30.5 Å². The molecule has 0 unspecified atom stereocenters. The molecule has 14 N–H and O–H groups in total. The van der Waals surface area contributed by atoms with Gasteiger partial charge < -0.3 is 68.6 Å². The maximum atomic E-state index is 14.0. The number of carbonyl (C=O) groups is 9. The summed E-state index contributed by atoms with van der Waals surface area (Å²) < 4.78 is 0. The Morgan fingerprint density at radius 3 is 1.57 bits per heavy atom. The third kappa shape index (κ3) is 16.7. The van der Waals surface area contributed by atoms with E-state index in [1.54, 1.807) is 58.2 Å². The summed E-state index contributed by atoms with van der Waals surface area (Å²) in [5.41, 5.74) is 7.00. The molecule has 362 valence electrons. The quantitative estimate of drug-likeness (QED) is 0.0477. The van der Waals surface area contributed by atoms with Gasteiger partial charge in [0.15, 0.2) is 0 Å². The van der Waals surface area contributed by atoms with Crippen LogP contribution in [-0.2, 0) is 49.6 Å². The summed E-state index contributed by atoms with van der Waals surface area (Å²) in [5, 5.41) is 49.5. The van der Waals surface area contributed by atoms with E-state index in [1.807, 2.05) is 13.8 Å². The predicted molar refractivity (Wildman–Crippen MR) is 238 cm³/mol. The topological polar surface area (TPSA) is 352 Å². The van der Waals surface area contributed by atoms with E-state index in [0.29, 0.717) is 12.0 Å². The van der Waals surface area contributed by atoms with Crippen LogP contribution < -0.4 is 48.3 Å². The molecule has 0 aliphatic carbocycles. The molecule has 1 heterocycles. The van der Waals surface area contributed by atoms with Crippen molar-refractivity contribution < 1.29 is 58.5 Å². The van der Waals surface area contributed by atoms with Gasteiger partial charge in [0.05, 0.1) is 19.3 Å². The average molecular weight is 917 g/mol. The molecule has 1 aromatic carbocycles. The summed E-state index contributed by atoms with van der Waals surface area (Å²) in [6, 6.07) is -4.40. The number of hydrogen-bond acceptors (Lipinski definition) is 12. The van der Waals surface area contributed by atoms with Crippen LogP contribution in [0.1, 0.15) is 80.7 Å². The standard InChI is InChI=1S/C43H68N10O12/c1-10-22(6)34(42(63)51-32(19-55)43(64)65)53-39(60)30(16-26-17-45-28-14-12-11-13-27(26)28)48-36(57)24(8)47-40(61)31(18-54)50-37(58)25(9)46-38(59)29(15-20(2)3)49-41(62)33(21(4)5)52-35(56)23(7)44/h11-14,17,20-25,29-34,45,54-55H,10,15-16,18-19,44H2,1-9H3,(H,46,59)(H,47,61)(H,48,57)(H,49,62)(H,50,58)(H,51,63)(H,52,56)(H,53,60)(H,64,65)/t22-,23-,24-,25-,29-,30-,31-,32-,33-,34-/m0/s1. The lowest BCUT2D eigenvalue weighted by atomic mass is 9.96. The molecule has 0 fully saturated rings. The van der Waals surface area contributed by atoms with E-state index < -0.39 is 127 Å². The van der Waals surface area contributed by atoms with Crippen molar-refractivity contribution in [2.45, 2.75) is 136 Å². The van der Waals surface area contributed by atoms with Gasteiger partial charge >= 0.3 is 5.97 Å². The van der Waals surface area contributed by atoms with E-state index in [0.717, 1.165) is 10.9 Å². The number of carbonyl (C=O) groups excluding carboxylic acids is 8. The van der Waals surface area contributed by atoms with Crippen LogP contribution in [0.5, 0.6) is 0 Å². The predicted octanol–water partition coefficient (Wildman–Crippen LogP) is -2.21. The second kappa shape index (κ2) is 26.0. The number of rotatable bonds is 26. The van der Waals surface area contributed by atoms with E-state index in [2.05, 4.69) is 47.5 Å². The minimum atomic E-state index is -1.64. The molecule has 0 bridgehead atoms. The lowest BCUT2D eigenvalue weighted by Crippen LogP contribution is -2.61. The van der Waals surface area contributed by atoms with Crippen molar-refractivity contribution in [3.8, 4) is 0 Å². The van der Waals surface area contributed by atoms with Gasteiger partial charge in [0.1, 0.15) is 48.3 Å². The number of para-hydroxylation sites is 1. The maximum absolute atomic E-state index is 14.0. The molecule has 0 aliphatic heterocycles. The summed E-state index contributed by atoms with van der Waals surface area (Å²) in [6.07, 6.45) is 2.08. The van der Waals surface area contributed by atoms with E-state index in [9.17, 15) is 58.5 Å². The van der Waals surface area contributed by atoms with Gasteiger partial charge in [-0.25, -0.2) is 4.79 Å². The highest BCUT2D eigenvalue weighted by molar-refractivity contribution is 5.98. The highest BCUT2D eigenvalue weighted by Crippen LogP contribution is 2.20. The normalized spacial score (nSPS) is 16.0. The monoisotopic (exact) mass is 917 g/mol. The Kier molecular flexibility index (Phi) is 22.0. The minimum absolute atomic E-state index is 0.0923. The van der Waals surface area contributed by atoms with Crippen molar-refractivity contribution in [2.75, 3.05) is 13.2 Å². The lowest BCUT2D eigenvalue weighted by molar-refractivity contribution is -0.143. The number of carboxylic acids is 1. The maximum Gasteiger partial charge on any atom is 0.328 e. The molecule has 8 amide bonds. The largest absolute Gasteiger partial charge is 0.480 e. The molecule has 0 radical (unpaired) electrons. The number of aliphatic hydroxyl groups excluding tert-OH is 2. The summed E-state index contributed by atoms with van der Waals surface area (Å²) in [4.78, 5) is 121. The first-order valence-electron chi connectivity index (χ1n) is 21.6. The number of aliphatic carboxylic acids is 1. The van der Waals surface area contributed by atoms with Crippen LogP contribution in [0.2, 0.25) is 0 Å². The fraction of sp³-hybridized carbons (Fsp3) is 0.605. The number of benzene rings is 1. The Labute approximate surface area is 378 Å². The molecular weight excluding hydrogens is 849 g/mol. The minimum Gasteiger partial charge on any atom is -0.480 e. The zero-order valence-electron chi connectivity index (χ0n) is 38.4. The Hall–Kier alpha value is -6.13. The van der Waals surface area contributed by atoms with Gasteiger partial charge in [-0.05, 0) is 56.6 Å². The molecule has 22 heteroatoms. The van der Waals surface area contributed by atoms with Gasteiger partial charge in [0.2, 0.25) is 47.3 Å². The second-order valence-corrected chi connectivity index (χ2v) is 17.0. The molecular formula is C43H68N10O12. The van der Waals surface area contributed by atoms with E-state index in [1.165, 1.54) is 20.8 Å². The molecule has 0 spiro atoms. The number of amides is 8. The molecule has 22 nitrogen and oxygen atoms in total. The third-order valence-electron chi connectivity index (χ3n) is 10.6. The fourth-order valence-electron chi connectivity index (χ4n) is 6.46. The van der Waals surface area contributed by atoms with Crippen molar-refractivity contribution >= 4 is 64.1 Å².